The van der Waals surface area contributed by atoms with Crippen molar-refractivity contribution < 1.29 is 12.6 Å². The summed E-state index contributed by atoms with van der Waals surface area (Å²) < 4.78 is 29.1. The predicted molar refractivity (Wildman–Crippen MR) is 43.8 cm³/mol. The molecule has 70 valence electrons. The van der Waals surface area contributed by atoms with Crippen LogP contribution in [-0.2, 0) is 14.5 Å². The SMILES string of the molecule is CCN1[C@@H]2CCC[C@@H]2OS1(=O)=O. The Labute approximate surface area is 72.8 Å². The summed E-state index contributed by atoms with van der Waals surface area (Å²) in [7, 11) is -3.36. The Morgan fingerprint density at radius 1 is 1.50 bits per heavy atom. The maximum Gasteiger partial charge on any atom is 0.339 e. The van der Waals surface area contributed by atoms with Gasteiger partial charge in [-0.3, -0.25) is 4.18 Å². The van der Waals surface area contributed by atoms with Gasteiger partial charge in [0.15, 0.2) is 0 Å². The molecule has 1 saturated heterocycles. The molecule has 12 heavy (non-hydrogen) atoms. The van der Waals surface area contributed by atoms with Gasteiger partial charge in [0.05, 0.1) is 12.1 Å². The van der Waals surface area contributed by atoms with Crippen molar-refractivity contribution in [2.75, 3.05) is 6.54 Å². The highest BCUT2D eigenvalue weighted by Gasteiger charge is 2.47. The van der Waals surface area contributed by atoms with Crippen LogP contribution in [0.5, 0.6) is 0 Å². The molecule has 2 fully saturated rings. The smallest absolute Gasteiger partial charge is 0.253 e. The van der Waals surface area contributed by atoms with Gasteiger partial charge in [0.2, 0.25) is 0 Å². The van der Waals surface area contributed by atoms with Crippen LogP contribution in [-0.4, -0.2) is 31.4 Å². The normalized spacial score (nSPS) is 40.1. The molecule has 0 aromatic carbocycles. The molecule has 0 aromatic heterocycles. The first kappa shape index (κ1) is 8.47. The lowest BCUT2D eigenvalue weighted by molar-refractivity contribution is 0.221. The van der Waals surface area contributed by atoms with Crippen molar-refractivity contribution in [3.63, 3.8) is 0 Å². The zero-order chi connectivity index (χ0) is 8.77. The molecule has 0 bridgehead atoms. The third kappa shape index (κ3) is 1.08. The summed E-state index contributed by atoms with van der Waals surface area (Å²) in [5.41, 5.74) is 0. The Hall–Kier alpha value is -0.130. The Balaban J connectivity index is 2.28. The standard InChI is InChI=1S/C7H13NO3S/c1-2-8-6-4-3-5-7(6)11-12(8,9)10/h6-7H,2-5H2,1H3/t6-,7+/m1/s1. The van der Waals surface area contributed by atoms with Gasteiger partial charge < -0.3 is 0 Å². The van der Waals surface area contributed by atoms with E-state index in [-0.39, 0.29) is 12.1 Å². The maximum atomic E-state index is 11.3. The summed E-state index contributed by atoms with van der Waals surface area (Å²) in [4.78, 5) is 0. The van der Waals surface area contributed by atoms with E-state index in [0.29, 0.717) is 6.54 Å². The molecule has 2 atom stereocenters. The minimum absolute atomic E-state index is 0.0602. The van der Waals surface area contributed by atoms with Gasteiger partial charge in [-0.25, -0.2) is 0 Å². The largest absolute Gasteiger partial charge is 0.339 e. The van der Waals surface area contributed by atoms with E-state index in [1.807, 2.05) is 6.92 Å². The third-order valence-electron chi connectivity index (χ3n) is 2.63. The second-order valence-electron chi connectivity index (χ2n) is 3.29. The van der Waals surface area contributed by atoms with Crippen molar-refractivity contribution in [2.45, 2.75) is 38.3 Å². The zero-order valence-electron chi connectivity index (χ0n) is 7.06. The number of hydrogen-bond acceptors (Lipinski definition) is 3. The summed E-state index contributed by atoms with van der Waals surface area (Å²) in [6.07, 6.45) is 2.87. The minimum atomic E-state index is -3.36. The van der Waals surface area contributed by atoms with E-state index in [9.17, 15) is 8.42 Å². The van der Waals surface area contributed by atoms with Gasteiger partial charge in [-0.15, -0.1) is 0 Å². The summed E-state index contributed by atoms with van der Waals surface area (Å²) >= 11 is 0. The van der Waals surface area contributed by atoms with Gasteiger partial charge in [0.1, 0.15) is 0 Å². The fraction of sp³-hybridized carbons (Fsp3) is 1.00. The van der Waals surface area contributed by atoms with Gasteiger partial charge >= 0.3 is 10.3 Å². The average molecular weight is 191 g/mol. The van der Waals surface area contributed by atoms with Crippen LogP contribution in [0.2, 0.25) is 0 Å². The predicted octanol–water partition coefficient (Wildman–Crippen LogP) is 0.504. The maximum absolute atomic E-state index is 11.3. The van der Waals surface area contributed by atoms with E-state index in [1.54, 1.807) is 0 Å². The fourth-order valence-corrected chi connectivity index (χ4v) is 3.65. The molecule has 0 radical (unpaired) electrons. The molecule has 1 heterocycles. The molecule has 1 aliphatic carbocycles. The van der Waals surface area contributed by atoms with Crippen molar-refractivity contribution in [1.82, 2.24) is 4.31 Å². The lowest BCUT2D eigenvalue weighted by Crippen LogP contribution is -2.33. The highest BCUT2D eigenvalue weighted by molar-refractivity contribution is 7.84. The molecule has 0 amide bonds. The molecule has 5 heteroatoms. The van der Waals surface area contributed by atoms with Gasteiger partial charge in [-0.1, -0.05) is 6.92 Å². The quantitative estimate of drug-likeness (QED) is 0.606. The number of hydrogen-bond donors (Lipinski definition) is 0. The van der Waals surface area contributed by atoms with Crippen LogP contribution in [0.3, 0.4) is 0 Å². The first-order valence-electron chi connectivity index (χ1n) is 4.35. The van der Waals surface area contributed by atoms with Crippen molar-refractivity contribution in [1.29, 1.82) is 0 Å². The summed E-state index contributed by atoms with van der Waals surface area (Å²) in [6, 6.07) is 0.125. The lowest BCUT2D eigenvalue weighted by Gasteiger charge is -2.15. The minimum Gasteiger partial charge on any atom is -0.253 e. The fourth-order valence-electron chi connectivity index (χ4n) is 2.12. The van der Waals surface area contributed by atoms with Crippen LogP contribution in [0, 0.1) is 0 Å². The molecule has 0 aromatic rings. The number of rotatable bonds is 1. The molecule has 0 N–H and O–H groups in total. The van der Waals surface area contributed by atoms with E-state index in [0.717, 1.165) is 19.3 Å². The van der Waals surface area contributed by atoms with E-state index >= 15 is 0 Å². The van der Waals surface area contributed by atoms with E-state index < -0.39 is 10.3 Å². The molecular weight excluding hydrogens is 178 g/mol. The topological polar surface area (TPSA) is 46.6 Å². The van der Waals surface area contributed by atoms with E-state index in [4.69, 9.17) is 4.18 Å². The van der Waals surface area contributed by atoms with Crippen LogP contribution in [0.15, 0.2) is 0 Å². The molecule has 1 aliphatic heterocycles. The van der Waals surface area contributed by atoms with Crippen LogP contribution in [0.4, 0.5) is 0 Å². The van der Waals surface area contributed by atoms with Crippen molar-refractivity contribution >= 4 is 10.3 Å². The molecule has 4 nitrogen and oxygen atoms in total. The van der Waals surface area contributed by atoms with Crippen LogP contribution in [0.25, 0.3) is 0 Å². The molecule has 2 rings (SSSR count). The van der Waals surface area contributed by atoms with Gasteiger partial charge in [0.25, 0.3) is 0 Å². The van der Waals surface area contributed by atoms with Crippen LogP contribution < -0.4 is 0 Å². The highest BCUT2D eigenvalue weighted by Crippen LogP contribution is 2.35. The second-order valence-corrected chi connectivity index (χ2v) is 4.81. The van der Waals surface area contributed by atoms with Crippen molar-refractivity contribution in [3.8, 4) is 0 Å². The lowest BCUT2D eigenvalue weighted by atomic mass is 10.2. The molecule has 0 spiro atoms. The van der Waals surface area contributed by atoms with Gasteiger partial charge in [-0.2, -0.15) is 12.7 Å². The van der Waals surface area contributed by atoms with Crippen molar-refractivity contribution in [3.05, 3.63) is 0 Å². The summed E-state index contributed by atoms with van der Waals surface area (Å²) in [6.45, 7) is 2.38. The van der Waals surface area contributed by atoms with Gasteiger partial charge in [-0.05, 0) is 19.3 Å². The Morgan fingerprint density at radius 3 is 2.92 bits per heavy atom. The van der Waals surface area contributed by atoms with E-state index in [2.05, 4.69) is 0 Å². The number of nitrogens with zero attached hydrogens (tertiary/aromatic N) is 1. The Bertz CT molecular complexity index is 274. The monoisotopic (exact) mass is 191 g/mol. The van der Waals surface area contributed by atoms with Crippen molar-refractivity contribution in [2.24, 2.45) is 0 Å². The van der Waals surface area contributed by atoms with Gasteiger partial charge in [0, 0.05) is 6.54 Å². The number of likely N-dealkylation sites (N-methyl/N-ethyl adjacent to an activating group) is 1. The Morgan fingerprint density at radius 2 is 2.25 bits per heavy atom. The molecule has 1 saturated carbocycles. The number of fused-ring (bicyclic) bond motifs is 1. The highest BCUT2D eigenvalue weighted by atomic mass is 32.2. The second kappa shape index (κ2) is 2.68. The first-order valence-corrected chi connectivity index (χ1v) is 5.71. The molecule has 2 aliphatic rings. The van der Waals surface area contributed by atoms with Crippen LogP contribution in [0.1, 0.15) is 26.2 Å². The third-order valence-corrected chi connectivity index (χ3v) is 4.23. The Kier molecular flexibility index (Phi) is 1.89. The molecular formula is C7H13NO3S. The first-order chi connectivity index (χ1) is 5.65. The van der Waals surface area contributed by atoms with Crippen LogP contribution >= 0.6 is 0 Å². The summed E-state index contributed by atoms with van der Waals surface area (Å²) in [5, 5.41) is 0. The zero-order valence-corrected chi connectivity index (χ0v) is 7.88. The average Bonchev–Trinajstić information content (AvgIpc) is 2.43. The molecule has 0 unspecified atom stereocenters. The summed E-state index contributed by atoms with van der Waals surface area (Å²) in [5.74, 6) is 0. The van der Waals surface area contributed by atoms with E-state index in [1.165, 1.54) is 4.31 Å².